The summed E-state index contributed by atoms with van der Waals surface area (Å²) in [6.45, 7) is 7.01. The summed E-state index contributed by atoms with van der Waals surface area (Å²) in [7, 11) is 0. The zero-order valence-corrected chi connectivity index (χ0v) is 16.1. The third kappa shape index (κ3) is 3.17. The number of carbonyl (C=O) groups is 2. The molecule has 0 aromatic carbocycles. The summed E-state index contributed by atoms with van der Waals surface area (Å²) >= 11 is 1.49. The Balaban J connectivity index is 1.57. The van der Waals surface area contributed by atoms with Crippen molar-refractivity contribution in [1.82, 2.24) is 9.80 Å². The van der Waals surface area contributed by atoms with E-state index < -0.39 is 0 Å². The average Bonchev–Trinajstić information content (AvgIpc) is 3.26. The van der Waals surface area contributed by atoms with Crippen LogP contribution in [0.15, 0.2) is 11.4 Å². The van der Waals surface area contributed by atoms with Gasteiger partial charge >= 0.3 is 0 Å². The fraction of sp³-hybridized carbons (Fsp3) is 0.684. The van der Waals surface area contributed by atoms with Gasteiger partial charge in [0, 0.05) is 44.8 Å². The maximum atomic E-state index is 13.3. The molecular formula is C19H26N2O4S. The van der Waals surface area contributed by atoms with Crippen LogP contribution in [0, 0.1) is 18.3 Å². The molecule has 2 amide bonds. The quantitative estimate of drug-likeness (QED) is 0.787. The van der Waals surface area contributed by atoms with Crippen LogP contribution < -0.4 is 0 Å². The van der Waals surface area contributed by atoms with Gasteiger partial charge in [0.25, 0.3) is 5.91 Å². The largest absolute Gasteiger partial charge is 0.381 e. The summed E-state index contributed by atoms with van der Waals surface area (Å²) in [6, 6.07) is 1.98. The average molecular weight is 378 g/mol. The molecule has 0 radical (unpaired) electrons. The normalized spacial score (nSPS) is 25.7. The van der Waals surface area contributed by atoms with Crippen LogP contribution in [0.25, 0.3) is 0 Å². The zero-order chi connectivity index (χ0) is 18.1. The van der Waals surface area contributed by atoms with Gasteiger partial charge < -0.3 is 19.3 Å². The Bertz CT molecular complexity index is 677. The predicted octanol–water partition coefficient (Wildman–Crippen LogP) is 1.78. The molecule has 0 aliphatic carbocycles. The van der Waals surface area contributed by atoms with Gasteiger partial charge in [-0.2, -0.15) is 0 Å². The lowest BCUT2D eigenvalue weighted by Crippen LogP contribution is -2.49. The van der Waals surface area contributed by atoms with Gasteiger partial charge in [-0.3, -0.25) is 9.59 Å². The molecule has 142 valence electrons. The second kappa shape index (κ2) is 7.29. The number of morpholine rings is 1. The molecule has 0 unspecified atom stereocenters. The molecule has 0 saturated carbocycles. The first kappa shape index (κ1) is 17.9. The van der Waals surface area contributed by atoms with Crippen molar-refractivity contribution in [3.8, 4) is 0 Å². The Morgan fingerprint density at radius 2 is 1.81 bits per heavy atom. The Morgan fingerprint density at radius 3 is 2.46 bits per heavy atom. The van der Waals surface area contributed by atoms with Gasteiger partial charge in [0.05, 0.1) is 24.0 Å². The number of amides is 2. The molecule has 0 N–H and O–H groups in total. The van der Waals surface area contributed by atoms with Crippen LogP contribution in [0.5, 0.6) is 0 Å². The van der Waals surface area contributed by atoms with Crippen LogP contribution in [0.4, 0.5) is 0 Å². The highest BCUT2D eigenvalue weighted by Crippen LogP contribution is 2.45. The van der Waals surface area contributed by atoms with Crippen LogP contribution in [0.2, 0.25) is 0 Å². The van der Waals surface area contributed by atoms with Crippen molar-refractivity contribution in [1.29, 1.82) is 0 Å². The summed E-state index contributed by atoms with van der Waals surface area (Å²) in [6.07, 6.45) is 1.70. The molecule has 1 atom stereocenters. The van der Waals surface area contributed by atoms with Crippen LogP contribution in [-0.4, -0.2) is 74.2 Å². The lowest BCUT2D eigenvalue weighted by atomic mass is 9.71. The lowest BCUT2D eigenvalue weighted by Gasteiger charge is -2.39. The van der Waals surface area contributed by atoms with E-state index in [4.69, 9.17) is 9.47 Å². The molecule has 3 aliphatic heterocycles. The molecule has 1 aromatic heterocycles. The number of thiophene rings is 1. The first-order chi connectivity index (χ1) is 12.6. The van der Waals surface area contributed by atoms with Crippen molar-refractivity contribution in [3.63, 3.8) is 0 Å². The highest BCUT2D eigenvalue weighted by Gasteiger charge is 2.53. The third-order valence-corrected chi connectivity index (χ3v) is 7.11. The fourth-order valence-electron chi connectivity index (χ4n) is 4.49. The van der Waals surface area contributed by atoms with Gasteiger partial charge in [0.15, 0.2) is 0 Å². The zero-order valence-electron chi connectivity index (χ0n) is 15.2. The monoisotopic (exact) mass is 378 g/mol. The minimum absolute atomic E-state index is 0.0700. The highest BCUT2D eigenvalue weighted by atomic mass is 32.1. The lowest BCUT2D eigenvalue weighted by molar-refractivity contribution is -0.144. The van der Waals surface area contributed by atoms with Gasteiger partial charge in [0.1, 0.15) is 0 Å². The molecule has 0 bridgehead atoms. The predicted molar refractivity (Wildman–Crippen MR) is 98.3 cm³/mol. The minimum Gasteiger partial charge on any atom is -0.381 e. The SMILES string of the molecule is Cc1ccsc1C(=O)N1C[C@@H](C(=O)N2CCOCC2)C2(CCOCC2)C1. The second-order valence-corrected chi connectivity index (χ2v) is 8.50. The summed E-state index contributed by atoms with van der Waals surface area (Å²) < 4.78 is 11.0. The second-order valence-electron chi connectivity index (χ2n) is 7.58. The molecule has 6 nitrogen and oxygen atoms in total. The number of ether oxygens (including phenoxy) is 2. The van der Waals surface area contributed by atoms with Crippen LogP contribution in [0.3, 0.4) is 0 Å². The van der Waals surface area contributed by atoms with E-state index in [1.165, 1.54) is 11.3 Å². The smallest absolute Gasteiger partial charge is 0.264 e. The maximum Gasteiger partial charge on any atom is 0.264 e. The fourth-order valence-corrected chi connectivity index (χ4v) is 5.38. The summed E-state index contributed by atoms with van der Waals surface area (Å²) in [5, 5.41) is 1.96. The van der Waals surface area contributed by atoms with Crippen LogP contribution in [-0.2, 0) is 14.3 Å². The van der Waals surface area contributed by atoms with Gasteiger partial charge in [-0.15, -0.1) is 11.3 Å². The maximum absolute atomic E-state index is 13.3. The first-order valence-electron chi connectivity index (χ1n) is 9.38. The number of hydrogen-bond donors (Lipinski definition) is 0. The van der Waals surface area contributed by atoms with Crippen molar-refractivity contribution in [2.45, 2.75) is 19.8 Å². The summed E-state index contributed by atoms with van der Waals surface area (Å²) in [4.78, 5) is 31.0. The molecule has 4 rings (SSSR count). The molecule has 3 aliphatic rings. The Hall–Kier alpha value is -1.44. The Kier molecular flexibility index (Phi) is 5.03. The van der Waals surface area contributed by atoms with Crippen molar-refractivity contribution in [2.24, 2.45) is 11.3 Å². The number of rotatable bonds is 2. The van der Waals surface area contributed by atoms with E-state index >= 15 is 0 Å². The molecule has 7 heteroatoms. The van der Waals surface area contributed by atoms with E-state index in [9.17, 15) is 9.59 Å². The van der Waals surface area contributed by atoms with Gasteiger partial charge in [-0.25, -0.2) is 0 Å². The van der Waals surface area contributed by atoms with Gasteiger partial charge in [-0.1, -0.05) is 0 Å². The standard InChI is InChI=1S/C19H26N2O4S/c1-14-2-11-26-16(14)18(23)21-12-15(17(22)20-5-9-25-10-6-20)19(13-21)3-7-24-8-4-19/h2,11,15H,3-10,12-13H2,1H3/t15-/m0/s1. The van der Waals surface area contributed by atoms with E-state index in [0.717, 1.165) is 23.3 Å². The number of likely N-dealkylation sites (tertiary alicyclic amines) is 1. The molecular weight excluding hydrogens is 352 g/mol. The molecule has 3 saturated heterocycles. The van der Waals surface area contributed by atoms with Crippen molar-refractivity contribution in [2.75, 3.05) is 52.6 Å². The van der Waals surface area contributed by atoms with Gasteiger partial charge in [0.2, 0.25) is 5.91 Å². The Morgan fingerprint density at radius 1 is 1.12 bits per heavy atom. The number of carbonyl (C=O) groups excluding carboxylic acids is 2. The van der Waals surface area contributed by atoms with E-state index in [-0.39, 0.29) is 23.1 Å². The molecule has 3 fully saturated rings. The van der Waals surface area contributed by atoms with E-state index in [1.54, 1.807) is 0 Å². The minimum atomic E-state index is -0.144. The summed E-state index contributed by atoms with van der Waals surface area (Å²) in [5.41, 5.74) is 0.873. The number of nitrogens with zero attached hydrogens (tertiary/aromatic N) is 2. The van der Waals surface area contributed by atoms with Crippen molar-refractivity contribution in [3.05, 3.63) is 21.9 Å². The number of aryl methyl sites for hydroxylation is 1. The first-order valence-corrected chi connectivity index (χ1v) is 10.3. The van der Waals surface area contributed by atoms with Gasteiger partial charge in [-0.05, 0) is 36.8 Å². The highest BCUT2D eigenvalue weighted by molar-refractivity contribution is 7.12. The molecule has 4 heterocycles. The van der Waals surface area contributed by atoms with Crippen LogP contribution in [0.1, 0.15) is 28.1 Å². The van der Waals surface area contributed by atoms with Crippen LogP contribution >= 0.6 is 11.3 Å². The Labute approximate surface area is 158 Å². The number of hydrogen-bond acceptors (Lipinski definition) is 5. The molecule has 1 spiro atoms. The topological polar surface area (TPSA) is 59.1 Å². The molecule has 1 aromatic rings. The summed E-state index contributed by atoms with van der Waals surface area (Å²) in [5.74, 6) is 0.128. The van der Waals surface area contributed by atoms with Crippen molar-refractivity contribution >= 4 is 23.2 Å². The van der Waals surface area contributed by atoms with Crippen molar-refractivity contribution < 1.29 is 19.1 Å². The third-order valence-electron chi connectivity index (χ3n) is 6.10. The van der Waals surface area contributed by atoms with E-state index in [2.05, 4.69) is 0 Å². The van der Waals surface area contributed by atoms with E-state index in [0.29, 0.717) is 52.6 Å². The van der Waals surface area contributed by atoms with E-state index in [1.807, 2.05) is 28.2 Å². The molecule has 26 heavy (non-hydrogen) atoms.